The van der Waals surface area contributed by atoms with Crippen LogP contribution in [0.3, 0.4) is 0 Å². The van der Waals surface area contributed by atoms with Crippen molar-refractivity contribution in [1.82, 2.24) is 4.31 Å². The average molecular weight is 288 g/mol. The molecule has 0 saturated heterocycles. The van der Waals surface area contributed by atoms with Crippen molar-refractivity contribution in [1.29, 1.82) is 0 Å². The lowest BCUT2D eigenvalue weighted by molar-refractivity contribution is -0.387. The van der Waals surface area contributed by atoms with Crippen LogP contribution in [0.25, 0.3) is 0 Å². The van der Waals surface area contributed by atoms with E-state index < -0.39 is 31.6 Å². The summed E-state index contributed by atoms with van der Waals surface area (Å²) in [6.07, 6.45) is -1.10. The fourth-order valence-corrected chi connectivity index (χ4v) is 2.49. The Bertz CT molecular complexity index is 598. The van der Waals surface area contributed by atoms with E-state index in [1.165, 1.54) is 19.1 Å². The van der Waals surface area contributed by atoms with Crippen LogP contribution in [0.15, 0.2) is 29.2 Å². The number of carbonyl (C=O) groups is 1. The zero-order chi connectivity index (χ0) is 14.6. The van der Waals surface area contributed by atoms with Gasteiger partial charge in [-0.05, 0) is 13.0 Å². The molecule has 0 radical (unpaired) electrons. The van der Waals surface area contributed by atoms with Crippen molar-refractivity contribution in [3.63, 3.8) is 0 Å². The lowest BCUT2D eigenvalue weighted by Crippen LogP contribution is -2.34. The molecule has 104 valence electrons. The van der Waals surface area contributed by atoms with Crippen molar-refractivity contribution < 1.29 is 22.9 Å². The molecule has 0 spiro atoms. The zero-order valence-electron chi connectivity index (χ0n) is 10.3. The van der Waals surface area contributed by atoms with E-state index in [2.05, 4.69) is 4.74 Å². The number of carbonyl (C=O) groups excluding carboxylic acids is 1. The van der Waals surface area contributed by atoms with E-state index in [0.29, 0.717) is 4.31 Å². The molecule has 0 unspecified atom stereocenters. The van der Waals surface area contributed by atoms with E-state index in [0.717, 1.165) is 19.2 Å². The van der Waals surface area contributed by atoms with Crippen LogP contribution in [0.2, 0.25) is 0 Å². The third-order valence-electron chi connectivity index (χ3n) is 2.23. The molecule has 1 aromatic carbocycles. The summed E-state index contributed by atoms with van der Waals surface area (Å²) < 4.78 is 29.1. The van der Waals surface area contributed by atoms with Crippen LogP contribution in [0.5, 0.6) is 0 Å². The second-order valence-electron chi connectivity index (χ2n) is 3.40. The molecule has 1 rings (SSSR count). The highest BCUT2D eigenvalue weighted by Gasteiger charge is 2.32. The minimum atomic E-state index is -4.32. The minimum absolute atomic E-state index is 0.00439. The molecular weight excluding hydrogens is 276 g/mol. The Kier molecular flexibility index (Phi) is 4.43. The number of rotatable bonds is 4. The summed E-state index contributed by atoms with van der Waals surface area (Å²) in [5.41, 5.74) is -0.598. The largest absolute Gasteiger partial charge is 0.449 e. The maximum Gasteiger partial charge on any atom is 0.423 e. The van der Waals surface area contributed by atoms with Gasteiger partial charge in [0.05, 0.1) is 11.5 Å². The van der Waals surface area contributed by atoms with Gasteiger partial charge in [-0.15, -0.1) is 0 Å². The van der Waals surface area contributed by atoms with Gasteiger partial charge in [-0.3, -0.25) is 10.1 Å². The van der Waals surface area contributed by atoms with Gasteiger partial charge >= 0.3 is 6.09 Å². The number of nitrogens with zero attached hydrogens (tertiary/aromatic N) is 2. The Labute approximate surface area is 109 Å². The van der Waals surface area contributed by atoms with E-state index in [1.54, 1.807) is 0 Å². The highest BCUT2D eigenvalue weighted by atomic mass is 32.2. The lowest BCUT2D eigenvalue weighted by atomic mass is 10.3. The molecule has 0 saturated carbocycles. The molecule has 9 heteroatoms. The molecule has 0 fully saturated rings. The fraction of sp³-hybridized carbons (Fsp3) is 0.300. The molecule has 1 amide bonds. The molecule has 8 nitrogen and oxygen atoms in total. The van der Waals surface area contributed by atoms with Gasteiger partial charge in [0, 0.05) is 13.1 Å². The van der Waals surface area contributed by atoms with Gasteiger partial charge in [0.15, 0.2) is 4.90 Å². The normalized spacial score (nSPS) is 10.8. The number of nitro benzene ring substituents is 1. The molecular formula is C10H12N2O6S. The van der Waals surface area contributed by atoms with Gasteiger partial charge in [-0.1, -0.05) is 12.1 Å². The number of hydrogen-bond acceptors (Lipinski definition) is 6. The predicted octanol–water partition coefficient (Wildman–Crippen LogP) is 1.37. The van der Waals surface area contributed by atoms with Gasteiger partial charge in [-0.2, -0.15) is 0 Å². The van der Waals surface area contributed by atoms with Crippen molar-refractivity contribution in [2.75, 3.05) is 13.7 Å². The summed E-state index contributed by atoms with van der Waals surface area (Å²) in [5, 5.41) is 10.8. The molecule has 0 aliphatic heterocycles. The van der Waals surface area contributed by atoms with Crippen LogP contribution in [-0.2, 0) is 14.8 Å². The third kappa shape index (κ3) is 2.99. The first-order valence-electron chi connectivity index (χ1n) is 5.21. The second kappa shape index (κ2) is 5.65. The van der Waals surface area contributed by atoms with Crippen LogP contribution >= 0.6 is 0 Å². The summed E-state index contributed by atoms with van der Waals surface area (Å²) in [6.45, 7) is 1.51. The van der Waals surface area contributed by atoms with Gasteiger partial charge in [-0.25, -0.2) is 17.5 Å². The maximum atomic E-state index is 12.1. The Morgan fingerprint density at radius 1 is 1.42 bits per heavy atom. The summed E-state index contributed by atoms with van der Waals surface area (Å²) >= 11 is 0. The van der Waals surface area contributed by atoms with Gasteiger partial charge < -0.3 is 4.74 Å². The summed E-state index contributed by atoms with van der Waals surface area (Å²) in [5.74, 6) is 0. The van der Waals surface area contributed by atoms with Crippen molar-refractivity contribution in [2.45, 2.75) is 11.8 Å². The monoisotopic (exact) mass is 288 g/mol. The lowest BCUT2D eigenvalue weighted by Gasteiger charge is -2.16. The quantitative estimate of drug-likeness (QED) is 0.611. The van der Waals surface area contributed by atoms with Crippen molar-refractivity contribution in [3.8, 4) is 0 Å². The van der Waals surface area contributed by atoms with Gasteiger partial charge in [0.2, 0.25) is 0 Å². The van der Waals surface area contributed by atoms with Crippen molar-refractivity contribution >= 4 is 21.8 Å². The minimum Gasteiger partial charge on any atom is -0.449 e. The topological polar surface area (TPSA) is 107 Å². The van der Waals surface area contributed by atoms with E-state index in [-0.39, 0.29) is 6.61 Å². The highest BCUT2D eigenvalue weighted by Crippen LogP contribution is 2.25. The Morgan fingerprint density at radius 2 is 2.00 bits per heavy atom. The number of benzene rings is 1. The first-order valence-corrected chi connectivity index (χ1v) is 6.65. The Hall–Kier alpha value is -2.16. The molecule has 19 heavy (non-hydrogen) atoms. The first-order chi connectivity index (χ1) is 8.82. The molecule has 0 aromatic heterocycles. The molecule has 0 bridgehead atoms. The summed E-state index contributed by atoms with van der Waals surface area (Å²) in [7, 11) is -3.34. The summed E-state index contributed by atoms with van der Waals surface area (Å²) in [6, 6.07) is 4.77. The van der Waals surface area contributed by atoms with Crippen LogP contribution < -0.4 is 0 Å². The zero-order valence-corrected chi connectivity index (χ0v) is 11.1. The number of sulfonamides is 1. The van der Waals surface area contributed by atoms with E-state index in [9.17, 15) is 23.3 Å². The summed E-state index contributed by atoms with van der Waals surface area (Å²) in [4.78, 5) is 20.8. The van der Waals surface area contributed by atoms with Crippen LogP contribution in [-0.4, -0.2) is 37.4 Å². The number of amides is 1. The van der Waals surface area contributed by atoms with E-state index >= 15 is 0 Å². The molecule has 0 heterocycles. The maximum absolute atomic E-state index is 12.1. The second-order valence-corrected chi connectivity index (χ2v) is 5.33. The highest BCUT2D eigenvalue weighted by molar-refractivity contribution is 7.89. The van der Waals surface area contributed by atoms with E-state index in [4.69, 9.17) is 0 Å². The fourth-order valence-electron chi connectivity index (χ4n) is 1.29. The predicted molar refractivity (Wildman–Crippen MR) is 65.1 cm³/mol. The smallest absolute Gasteiger partial charge is 0.423 e. The van der Waals surface area contributed by atoms with Crippen LogP contribution in [0.1, 0.15) is 6.92 Å². The van der Waals surface area contributed by atoms with Gasteiger partial charge in [0.25, 0.3) is 15.7 Å². The number of ether oxygens (including phenoxy) is 1. The van der Waals surface area contributed by atoms with Crippen LogP contribution in [0, 0.1) is 10.1 Å². The van der Waals surface area contributed by atoms with Crippen molar-refractivity contribution in [3.05, 3.63) is 34.4 Å². The van der Waals surface area contributed by atoms with E-state index in [1.807, 2.05) is 0 Å². The third-order valence-corrected chi connectivity index (χ3v) is 4.00. The molecule has 1 aromatic rings. The Morgan fingerprint density at radius 3 is 2.53 bits per heavy atom. The molecule has 0 atom stereocenters. The van der Waals surface area contributed by atoms with Crippen molar-refractivity contribution in [2.24, 2.45) is 0 Å². The first kappa shape index (κ1) is 14.9. The molecule has 0 aliphatic carbocycles. The molecule has 0 N–H and O–H groups in total. The average Bonchev–Trinajstić information content (AvgIpc) is 2.38. The van der Waals surface area contributed by atoms with Gasteiger partial charge in [0.1, 0.15) is 0 Å². The standard InChI is InChI=1S/C10H12N2O6S/c1-3-18-10(13)11(2)19(16,17)9-7-5-4-6-8(9)12(14)15/h4-7H,3H2,1-2H3. The number of hydrogen-bond donors (Lipinski definition) is 0. The number of para-hydroxylation sites is 1. The Balaban J connectivity index is 3.28. The SMILES string of the molecule is CCOC(=O)N(C)S(=O)(=O)c1ccccc1[N+](=O)[O-]. The number of nitro groups is 1. The molecule has 0 aliphatic rings. The van der Waals surface area contributed by atoms with Crippen LogP contribution in [0.4, 0.5) is 10.5 Å².